The van der Waals surface area contributed by atoms with Crippen LogP contribution >= 0.6 is 15.9 Å². The molecule has 1 heterocycles. The van der Waals surface area contributed by atoms with E-state index in [0.29, 0.717) is 22.3 Å². The van der Waals surface area contributed by atoms with E-state index in [-0.39, 0.29) is 0 Å². The van der Waals surface area contributed by atoms with Crippen LogP contribution in [-0.2, 0) is 0 Å². The van der Waals surface area contributed by atoms with E-state index in [9.17, 15) is 0 Å². The van der Waals surface area contributed by atoms with Gasteiger partial charge in [-0.1, -0.05) is 13.8 Å². The highest BCUT2D eigenvalue weighted by Crippen LogP contribution is 2.20. The van der Waals surface area contributed by atoms with Crippen LogP contribution in [0.15, 0.2) is 4.60 Å². The number of nitrogens with one attached hydrogen (secondary N) is 1. The molecule has 0 aliphatic rings. The highest BCUT2D eigenvalue weighted by molar-refractivity contribution is 9.10. The molecular weight excluding hydrogens is 256 g/mol. The van der Waals surface area contributed by atoms with Crippen LogP contribution in [0.3, 0.4) is 0 Å². The smallest absolute Gasteiger partial charge is 0.169 e. The molecule has 15 heavy (non-hydrogen) atoms. The second-order valence-corrected chi connectivity index (χ2v) is 4.24. The Kier molecular flexibility index (Phi) is 4.32. The van der Waals surface area contributed by atoms with Gasteiger partial charge in [0.2, 0.25) is 0 Å². The van der Waals surface area contributed by atoms with Gasteiger partial charge >= 0.3 is 0 Å². The second kappa shape index (κ2) is 5.30. The second-order valence-electron chi connectivity index (χ2n) is 3.49. The summed E-state index contributed by atoms with van der Waals surface area (Å²) >= 11 is 3.30. The topological polar surface area (TPSA) is 63.8 Å². The van der Waals surface area contributed by atoms with Crippen molar-refractivity contribution in [3.63, 3.8) is 0 Å². The predicted molar refractivity (Wildman–Crippen MR) is 66.9 cm³/mol. The van der Waals surface area contributed by atoms with E-state index in [1.54, 1.807) is 0 Å². The molecule has 3 N–H and O–H groups in total. The normalized spacial score (nSPS) is 10.7. The summed E-state index contributed by atoms with van der Waals surface area (Å²) in [7, 11) is 0. The molecule has 0 aliphatic heterocycles. The summed E-state index contributed by atoms with van der Waals surface area (Å²) in [5, 5.41) is 3.30. The lowest BCUT2D eigenvalue weighted by atomic mass is 10.2. The van der Waals surface area contributed by atoms with Gasteiger partial charge in [-0.15, -0.1) is 0 Å². The van der Waals surface area contributed by atoms with Gasteiger partial charge in [-0.3, -0.25) is 0 Å². The zero-order valence-electron chi connectivity index (χ0n) is 9.34. The summed E-state index contributed by atoms with van der Waals surface area (Å²) in [6.45, 7) is 6.17. The van der Waals surface area contributed by atoms with Crippen molar-refractivity contribution in [3.05, 3.63) is 10.3 Å². The number of halogens is 1. The minimum absolute atomic E-state index is 0.405. The maximum Gasteiger partial charge on any atom is 0.169 e. The first-order valence-corrected chi connectivity index (χ1v) is 5.93. The molecule has 4 nitrogen and oxygen atoms in total. The van der Waals surface area contributed by atoms with Crippen molar-refractivity contribution in [2.45, 2.75) is 39.7 Å². The molecule has 5 heteroatoms. The molecule has 0 saturated carbocycles. The maximum absolute atomic E-state index is 5.78. The van der Waals surface area contributed by atoms with Crippen LogP contribution in [0.4, 0.5) is 11.6 Å². The number of aryl methyl sites for hydroxylation is 1. The SMILES string of the molecule is CCC(CC)Nc1nc(C)c(Br)nc1N. The molecule has 0 saturated heterocycles. The summed E-state index contributed by atoms with van der Waals surface area (Å²) in [4.78, 5) is 8.53. The Morgan fingerprint density at radius 3 is 2.47 bits per heavy atom. The van der Waals surface area contributed by atoms with Crippen LogP contribution in [0.2, 0.25) is 0 Å². The fourth-order valence-corrected chi connectivity index (χ4v) is 1.58. The Labute approximate surface area is 98.8 Å². The van der Waals surface area contributed by atoms with Crippen LogP contribution in [0, 0.1) is 6.92 Å². The molecule has 0 bridgehead atoms. The van der Waals surface area contributed by atoms with Crippen LogP contribution < -0.4 is 11.1 Å². The van der Waals surface area contributed by atoms with E-state index in [1.165, 1.54) is 0 Å². The minimum atomic E-state index is 0.405. The van der Waals surface area contributed by atoms with Crippen molar-refractivity contribution in [2.75, 3.05) is 11.1 Å². The first-order valence-electron chi connectivity index (χ1n) is 5.14. The Hall–Kier alpha value is -0.840. The van der Waals surface area contributed by atoms with Crippen LogP contribution in [-0.4, -0.2) is 16.0 Å². The van der Waals surface area contributed by atoms with Crippen LogP contribution in [0.5, 0.6) is 0 Å². The molecule has 0 unspecified atom stereocenters. The Morgan fingerprint density at radius 1 is 1.33 bits per heavy atom. The molecule has 1 rings (SSSR count). The van der Waals surface area contributed by atoms with Crippen molar-refractivity contribution in [3.8, 4) is 0 Å². The zero-order valence-corrected chi connectivity index (χ0v) is 10.9. The fraction of sp³-hybridized carbons (Fsp3) is 0.600. The molecule has 0 amide bonds. The van der Waals surface area contributed by atoms with Gasteiger partial charge < -0.3 is 11.1 Å². The molecular formula is C10H17BrN4. The van der Waals surface area contributed by atoms with Gasteiger partial charge in [0.05, 0.1) is 5.69 Å². The summed E-state index contributed by atoms with van der Waals surface area (Å²) < 4.78 is 0.704. The van der Waals surface area contributed by atoms with Gasteiger partial charge in [-0.05, 0) is 35.7 Å². The molecule has 1 aromatic rings. The lowest BCUT2D eigenvalue weighted by Crippen LogP contribution is -2.19. The molecule has 0 aliphatic carbocycles. The summed E-state index contributed by atoms with van der Waals surface area (Å²) in [6, 6.07) is 0.405. The summed E-state index contributed by atoms with van der Waals surface area (Å²) in [5.41, 5.74) is 6.63. The quantitative estimate of drug-likeness (QED) is 0.885. The zero-order chi connectivity index (χ0) is 11.4. The van der Waals surface area contributed by atoms with Crippen LogP contribution in [0.1, 0.15) is 32.4 Å². The average Bonchev–Trinajstić information content (AvgIpc) is 2.21. The third-order valence-corrected chi connectivity index (χ3v) is 3.12. The Balaban J connectivity index is 2.89. The number of nitrogen functional groups attached to an aromatic ring is 1. The monoisotopic (exact) mass is 272 g/mol. The molecule has 1 aromatic heterocycles. The first-order chi connectivity index (χ1) is 7.08. The third-order valence-electron chi connectivity index (χ3n) is 2.37. The van der Waals surface area contributed by atoms with Gasteiger partial charge in [-0.2, -0.15) is 0 Å². The van der Waals surface area contributed by atoms with Crippen molar-refractivity contribution in [2.24, 2.45) is 0 Å². The van der Waals surface area contributed by atoms with E-state index >= 15 is 0 Å². The van der Waals surface area contributed by atoms with Crippen molar-refractivity contribution < 1.29 is 0 Å². The van der Waals surface area contributed by atoms with Crippen molar-refractivity contribution in [1.29, 1.82) is 0 Å². The number of nitrogens with two attached hydrogens (primary N) is 1. The van der Waals surface area contributed by atoms with E-state index in [4.69, 9.17) is 5.73 Å². The van der Waals surface area contributed by atoms with Crippen molar-refractivity contribution >= 4 is 27.6 Å². The molecule has 84 valence electrons. The lowest BCUT2D eigenvalue weighted by Gasteiger charge is -2.16. The van der Waals surface area contributed by atoms with E-state index in [1.807, 2.05) is 6.92 Å². The third kappa shape index (κ3) is 3.06. The standard InChI is InChI=1S/C10H17BrN4/c1-4-7(5-2)14-10-9(12)15-8(11)6(3)13-10/h7H,4-5H2,1-3H3,(H2,12,15)(H,13,14). The minimum Gasteiger partial charge on any atom is -0.381 e. The molecule has 0 aromatic carbocycles. The van der Waals surface area contributed by atoms with E-state index in [2.05, 4.69) is 45.1 Å². The number of aromatic nitrogens is 2. The van der Waals surface area contributed by atoms with Gasteiger partial charge in [0.1, 0.15) is 4.60 Å². The van der Waals surface area contributed by atoms with E-state index < -0.39 is 0 Å². The highest BCUT2D eigenvalue weighted by atomic mass is 79.9. The van der Waals surface area contributed by atoms with Gasteiger partial charge in [-0.25, -0.2) is 9.97 Å². The molecule has 0 radical (unpaired) electrons. The van der Waals surface area contributed by atoms with Gasteiger partial charge in [0.15, 0.2) is 11.6 Å². The number of hydrogen-bond donors (Lipinski definition) is 2. The number of nitrogens with zero attached hydrogens (tertiary/aromatic N) is 2. The fourth-order valence-electron chi connectivity index (χ4n) is 1.30. The largest absolute Gasteiger partial charge is 0.381 e. The number of hydrogen-bond acceptors (Lipinski definition) is 4. The highest BCUT2D eigenvalue weighted by Gasteiger charge is 2.10. The van der Waals surface area contributed by atoms with Gasteiger partial charge in [0.25, 0.3) is 0 Å². The van der Waals surface area contributed by atoms with Crippen LogP contribution in [0.25, 0.3) is 0 Å². The Morgan fingerprint density at radius 2 is 1.93 bits per heavy atom. The molecule has 0 fully saturated rings. The summed E-state index contributed by atoms with van der Waals surface area (Å²) in [5.74, 6) is 1.13. The first kappa shape index (κ1) is 12.2. The maximum atomic E-state index is 5.78. The van der Waals surface area contributed by atoms with Gasteiger partial charge in [0, 0.05) is 6.04 Å². The molecule has 0 atom stereocenters. The van der Waals surface area contributed by atoms with Crippen molar-refractivity contribution in [1.82, 2.24) is 9.97 Å². The summed E-state index contributed by atoms with van der Waals surface area (Å²) in [6.07, 6.45) is 2.10. The lowest BCUT2D eigenvalue weighted by molar-refractivity contribution is 0.668. The van der Waals surface area contributed by atoms with E-state index in [0.717, 1.165) is 18.5 Å². The Bertz CT molecular complexity index is 336. The molecule has 0 spiro atoms. The predicted octanol–water partition coefficient (Wildman–Crippen LogP) is 2.73. The average molecular weight is 273 g/mol. The number of rotatable bonds is 4. The number of anilines is 2.